The second-order valence-electron chi connectivity index (χ2n) is 7.70. The van der Waals surface area contributed by atoms with E-state index in [1.807, 2.05) is 20.8 Å². The SMILES string of the molecule is CCCCC(CNC(=O)OC(C)(C)C)NC(=NC)NCCCc1nc(C)no1.I. The number of aryl methyl sites for hydroxylation is 2. The summed E-state index contributed by atoms with van der Waals surface area (Å²) >= 11 is 0. The van der Waals surface area contributed by atoms with Crippen molar-refractivity contribution in [1.82, 2.24) is 26.1 Å². The van der Waals surface area contributed by atoms with Crippen LogP contribution in [0.3, 0.4) is 0 Å². The van der Waals surface area contributed by atoms with Crippen LogP contribution in [0, 0.1) is 6.92 Å². The molecule has 3 N–H and O–H groups in total. The molecule has 0 saturated carbocycles. The summed E-state index contributed by atoms with van der Waals surface area (Å²) in [4.78, 5) is 20.4. The highest BCUT2D eigenvalue weighted by molar-refractivity contribution is 14.0. The molecule has 1 atom stereocenters. The maximum Gasteiger partial charge on any atom is 0.407 e. The van der Waals surface area contributed by atoms with E-state index in [1.54, 1.807) is 14.0 Å². The Labute approximate surface area is 191 Å². The highest BCUT2D eigenvalue weighted by Crippen LogP contribution is 2.07. The highest BCUT2D eigenvalue weighted by Gasteiger charge is 2.18. The monoisotopic (exact) mass is 524 g/mol. The molecule has 0 bridgehead atoms. The van der Waals surface area contributed by atoms with Crippen LogP contribution >= 0.6 is 24.0 Å². The number of hydrogen-bond donors (Lipinski definition) is 3. The third-order valence-electron chi connectivity index (χ3n) is 3.79. The zero-order valence-electron chi connectivity index (χ0n) is 18.5. The molecular formula is C19H37IN6O3. The predicted octanol–water partition coefficient (Wildman–Crippen LogP) is 3.18. The summed E-state index contributed by atoms with van der Waals surface area (Å²) in [7, 11) is 1.73. The third-order valence-corrected chi connectivity index (χ3v) is 3.79. The molecule has 29 heavy (non-hydrogen) atoms. The lowest BCUT2D eigenvalue weighted by Gasteiger charge is -2.24. The molecule has 0 aliphatic rings. The summed E-state index contributed by atoms with van der Waals surface area (Å²) in [6.45, 7) is 10.7. The van der Waals surface area contributed by atoms with Gasteiger partial charge in [0.15, 0.2) is 11.8 Å². The molecule has 0 spiro atoms. The van der Waals surface area contributed by atoms with E-state index in [4.69, 9.17) is 9.26 Å². The number of carbonyl (C=O) groups excluding carboxylic acids is 1. The molecule has 0 aliphatic heterocycles. The van der Waals surface area contributed by atoms with Crippen LogP contribution in [0.4, 0.5) is 4.79 Å². The van der Waals surface area contributed by atoms with E-state index in [-0.39, 0.29) is 30.0 Å². The van der Waals surface area contributed by atoms with Gasteiger partial charge in [0, 0.05) is 32.6 Å². The predicted molar refractivity (Wildman–Crippen MR) is 125 cm³/mol. The Hall–Kier alpha value is -1.59. The molecule has 0 saturated heterocycles. The van der Waals surface area contributed by atoms with Gasteiger partial charge in [-0.15, -0.1) is 24.0 Å². The van der Waals surface area contributed by atoms with Crippen molar-refractivity contribution in [2.45, 2.75) is 78.4 Å². The zero-order chi connectivity index (χ0) is 21.0. The van der Waals surface area contributed by atoms with E-state index in [1.165, 1.54) is 0 Å². The summed E-state index contributed by atoms with van der Waals surface area (Å²) < 4.78 is 10.4. The minimum Gasteiger partial charge on any atom is -0.444 e. The number of carbonyl (C=O) groups is 1. The maximum atomic E-state index is 11.9. The number of aliphatic imine (C=N–C) groups is 1. The standard InChI is InChI=1S/C19H36N6O3.HI/c1-7-8-10-15(13-22-18(26)27-19(3,4)5)24-17(20-6)21-12-9-11-16-23-14(2)25-28-16;/h15H,7-13H2,1-6H3,(H,22,26)(H2,20,21,24);1H. The van der Waals surface area contributed by atoms with E-state index in [0.717, 1.165) is 32.2 Å². The van der Waals surface area contributed by atoms with Gasteiger partial charge in [-0.3, -0.25) is 4.99 Å². The Morgan fingerprint density at radius 1 is 1.28 bits per heavy atom. The first kappa shape index (κ1) is 27.4. The van der Waals surface area contributed by atoms with Crippen LogP contribution < -0.4 is 16.0 Å². The fraction of sp³-hybridized carbons (Fsp3) is 0.789. The first-order valence-corrected chi connectivity index (χ1v) is 9.96. The zero-order valence-corrected chi connectivity index (χ0v) is 20.8. The average molecular weight is 524 g/mol. The molecule has 1 heterocycles. The van der Waals surface area contributed by atoms with Crippen molar-refractivity contribution < 1.29 is 14.1 Å². The molecule has 10 heteroatoms. The van der Waals surface area contributed by atoms with E-state index in [2.05, 4.69) is 38.0 Å². The van der Waals surface area contributed by atoms with E-state index in [0.29, 0.717) is 30.6 Å². The van der Waals surface area contributed by atoms with Crippen LogP contribution in [0.25, 0.3) is 0 Å². The summed E-state index contributed by atoms with van der Waals surface area (Å²) in [5.74, 6) is 2.00. The molecule has 168 valence electrons. The average Bonchev–Trinajstić information content (AvgIpc) is 3.03. The van der Waals surface area contributed by atoms with Crippen LogP contribution in [0.15, 0.2) is 9.52 Å². The lowest BCUT2D eigenvalue weighted by atomic mass is 10.1. The van der Waals surface area contributed by atoms with Crippen molar-refractivity contribution in [3.8, 4) is 0 Å². The van der Waals surface area contributed by atoms with E-state index >= 15 is 0 Å². The van der Waals surface area contributed by atoms with Gasteiger partial charge in [-0.1, -0.05) is 24.9 Å². The quantitative estimate of drug-likeness (QED) is 0.187. The number of rotatable bonds is 10. The molecule has 1 rings (SSSR count). The second-order valence-corrected chi connectivity index (χ2v) is 7.70. The van der Waals surface area contributed by atoms with Gasteiger partial charge in [-0.25, -0.2) is 4.79 Å². The fourth-order valence-corrected chi connectivity index (χ4v) is 2.47. The van der Waals surface area contributed by atoms with Crippen LogP contribution in [0.1, 0.15) is 65.1 Å². The van der Waals surface area contributed by atoms with Crippen molar-refractivity contribution >= 4 is 36.0 Å². The van der Waals surface area contributed by atoms with E-state index in [9.17, 15) is 4.79 Å². The number of unbranched alkanes of at least 4 members (excludes halogenated alkanes) is 1. The van der Waals surface area contributed by atoms with Gasteiger partial charge in [0.05, 0.1) is 0 Å². The van der Waals surface area contributed by atoms with Gasteiger partial charge in [-0.05, 0) is 40.5 Å². The van der Waals surface area contributed by atoms with E-state index < -0.39 is 11.7 Å². The Bertz CT molecular complexity index is 615. The molecule has 1 aromatic rings. The molecule has 1 amide bonds. The number of aromatic nitrogens is 2. The molecular weight excluding hydrogens is 487 g/mol. The number of nitrogens with zero attached hydrogens (tertiary/aromatic N) is 3. The maximum absolute atomic E-state index is 11.9. The molecule has 0 radical (unpaired) electrons. The number of amides is 1. The van der Waals surface area contributed by atoms with Crippen molar-refractivity contribution in [2.75, 3.05) is 20.1 Å². The number of halogens is 1. The van der Waals surface area contributed by atoms with Crippen LogP contribution in [0.5, 0.6) is 0 Å². The number of ether oxygens (including phenoxy) is 1. The van der Waals surface area contributed by atoms with Gasteiger partial charge < -0.3 is 25.2 Å². The summed E-state index contributed by atoms with van der Waals surface area (Å²) in [6.07, 6.45) is 4.21. The number of guanidine groups is 1. The van der Waals surface area contributed by atoms with Gasteiger partial charge in [-0.2, -0.15) is 4.98 Å². The van der Waals surface area contributed by atoms with Gasteiger partial charge in [0.2, 0.25) is 5.89 Å². The van der Waals surface area contributed by atoms with Crippen molar-refractivity contribution in [3.63, 3.8) is 0 Å². The molecule has 9 nitrogen and oxygen atoms in total. The second kappa shape index (κ2) is 14.4. The molecule has 1 unspecified atom stereocenters. The molecule has 0 fully saturated rings. The number of alkyl carbamates (subject to hydrolysis) is 1. The number of hydrogen-bond acceptors (Lipinski definition) is 6. The fourth-order valence-electron chi connectivity index (χ4n) is 2.47. The van der Waals surface area contributed by atoms with Crippen molar-refractivity contribution in [2.24, 2.45) is 4.99 Å². The Morgan fingerprint density at radius 2 is 2.00 bits per heavy atom. The van der Waals surface area contributed by atoms with Crippen LogP contribution in [-0.4, -0.2) is 54.0 Å². The number of nitrogens with one attached hydrogen (secondary N) is 3. The Kier molecular flexibility index (Phi) is 13.6. The van der Waals surface area contributed by atoms with Gasteiger partial charge in [0.25, 0.3) is 0 Å². The highest BCUT2D eigenvalue weighted by atomic mass is 127. The first-order valence-electron chi connectivity index (χ1n) is 9.96. The summed E-state index contributed by atoms with van der Waals surface area (Å²) in [5.41, 5.74) is -0.509. The van der Waals surface area contributed by atoms with Crippen molar-refractivity contribution in [3.05, 3.63) is 11.7 Å². The lowest BCUT2D eigenvalue weighted by molar-refractivity contribution is 0.0523. The molecule has 0 aliphatic carbocycles. The summed E-state index contributed by atoms with van der Waals surface area (Å²) in [6, 6.07) is 0.0669. The minimum atomic E-state index is -0.509. The molecule has 0 aromatic carbocycles. The van der Waals surface area contributed by atoms with Gasteiger partial charge in [0.1, 0.15) is 5.60 Å². The Morgan fingerprint density at radius 3 is 2.55 bits per heavy atom. The largest absolute Gasteiger partial charge is 0.444 e. The topological polar surface area (TPSA) is 114 Å². The normalized spacial score (nSPS) is 12.7. The summed E-state index contributed by atoms with van der Waals surface area (Å²) in [5, 5.41) is 13.3. The van der Waals surface area contributed by atoms with Crippen molar-refractivity contribution in [1.29, 1.82) is 0 Å². The van der Waals surface area contributed by atoms with Crippen LogP contribution in [-0.2, 0) is 11.2 Å². The third kappa shape index (κ3) is 13.3. The van der Waals surface area contributed by atoms with Crippen LogP contribution in [0.2, 0.25) is 0 Å². The lowest BCUT2D eigenvalue weighted by Crippen LogP contribution is -2.49. The smallest absolute Gasteiger partial charge is 0.407 e. The first-order chi connectivity index (χ1) is 13.2. The Balaban J connectivity index is 0.00000784. The minimum absolute atomic E-state index is 0. The molecule has 1 aromatic heterocycles. The van der Waals surface area contributed by atoms with Gasteiger partial charge >= 0.3 is 6.09 Å².